The standard InChI is InChI=1S/C19H24N4O2/c24-19(20-11-16-10-14-4-1-2-6-18(14)25-16)13-23-9-3-5-15(12-23)17-7-8-21-22-17/h1-2,4,6-8,15-16H,3,5,9-13H2,(H,20,24)(H,21,22). The zero-order valence-electron chi connectivity index (χ0n) is 14.3. The van der Waals surface area contributed by atoms with Gasteiger partial charge in [0.2, 0.25) is 5.91 Å². The Kier molecular flexibility index (Phi) is 4.70. The van der Waals surface area contributed by atoms with Crippen molar-refractivity contribution in [3.8, 4) is 5.75 Å². The molecule has 0 saturated carbocycles. The number of aromatic amines is 1. The molecule has 0 aliphatic carbocycles. The summed E-state index contributed by atoms with van der Waals surface area (Å²) in [6.45, 7) is 2.89. The van der Waals surface area contributed by atoms with Gasteiger partial charge in [0.05, 0.1) is 13.1 Å². The van der Waals surface area contributed by atoms with E-state index in [1.54, 1.807) is 6.20 Å². The zero-order valence-corrected chi connectivity index (χ0v) is 14.3. The van der Waals surface area contributed by atoms with Crippen LogP contribution < -0.4 is 10.1 Å². The second-order valence-electron chi connectivity index (χ2n) is 6.94. The van der Waals surface area contributed by atoms with E-state index in [-0.39, 0.29) is 12.0 Å². The third-order valence-electron chi connectivity index (χ3n) is 5.08. The highest BCUT2D eigenvalue weighted by Crippen LogP contribution is 2.28. The van der Waals surface area contributed by atoms with Crippen LogP contribution in [-0.4, -0.2) is 53.3 Å². The van der Waals surface area contributed by atoms with Crippen molar-refractivity contribution in [1.82, 2.24) is 20.4 Å². The fourth-order valence-electron chi connectivity index (χ4n) is 3.80. The maximum Gasteiger partial charge on any atom is 0.234 e. The summed E-state index contributed by atoms with van der Waals surface area (Å²) in [6, 6.07) is 10.1. The molecule has 1 aromatic heterocycles. The summed E-state index contributed by atoms with van der Waals surface area (Å²) in [4.78, 5) is 14.5. The number of nitrogens with zero attached hydrogens (tertiary/aromatic N) is 2. The van der Waals surface area contributed by atoms with Crippen molar-refractivity contribution in [1.29, 1.82) is 0 Å². The first-order valence-electron chi connectivity index (χ1n) is 9.01. The molecule has 0 bridgehead atoms. The lowest BCUT2D eigenvalue weighted by Gasteiger charge is -2.31. The molecule has 6 heteroatoms. The Bertz CT molecular complexity index is 691. The number of nitrogens with one attached hydrogen (secondary N) is 2. The van der Waals surface area contributed by atoms with Crippen LogP contribution in [-0.2, 0) is 11.2 Å². The Morgan fingerprint density at radius 3 is 3.12 bits per heavy atom. The molecular weight excluding hydrogens is 316 g/mol. The maximum absolute atomic E-state index is 12.3. The lowest BCUT2D eigenvalue weighted by atomic mass is 9.95. The Hall–Kier alpha value is -2.34. The molecule has 25 heavy (non-hydrogen) atoms. The third-order valence-corrected chi connectivity index (χ3v) is 5.08. The molecule has 2 aliphatic rings. The SMILES string of the molecule is O=C(CN1CCCC(c2ccn[nH]2)C1)NCC1Cc2ccccc2O1. The van der Waals surface area contributed by atoms with Crippen LogP contribution in [0.4, 0.5) is 0 Å². The summed E-state index contributed by atoms with van der Waals surface area (Å²) < 4.78 is 5.87. The van der Waals surface area contributed by atoms with Crippen molar-refractivity contribution in [2.75, 3.05) is 26.2 Å². The van der Waals surface area contributed by atoms with E-state index in [0.29, 0.717) is 19.0 Å². The molecule has 1 fully saturated rings. The molecule has 132 valence electrons. The highest BCUT2D eigenvalue weighted by atomic mass is 16.5. The first-order chi connectivity index (χ1) is 12.3. The quantitative estimate of drug-likeness (QED) is 0.869. The van der Waals surface area contributed by atoms with Gasteiger partial charge in [0.15, 0.2) is 0 Å². The van der Waals surface area contributed by atoms with Gasteiger partial charge in [-0.05, 0) is 37.1 Å². The van der Waals surface area contributed by atoms with Gasteiger partial charge in [0.1, 0.15) is 11.9 Å². The molecular formula is C19H24N4O2. The summed E-state index contributed by atoms with van der Waals surface area (Å²) in [5.41, 5.74) is 2.39. The fourth-order valence-corrected chi connectivity index (χ4v) is 3.80. The number of benzene rings is 1. The van der Waals surface area contributed by atoms with E-state index in [2.05, 4.69) is 26.5 Å². The normalized spacial score (nSPS) is 23.0. The van der Waals surface area contributed by atoms with Gasteiger partial charge >= 0.3 is 0 Å². The number of carbonyl (C=O) groups excluding carboxylic acids is 1. The van der Waals surface area contributed by atoms with Crippen LogP contribution >= 0.6 is 0 Å². The number of piperidine rings is 1. The average molecular weight is 340 g/mol. The van der Waals surface area contributed by atoms with E-state index in [0.717, 1.165) is 38.1 Å². The van der Waals surface area contributed by atoms with Gasteiger partial charge < -0.3 is 10.1 Å². The minimum atomic E-state index is 0.0421. The topological polar surface area (TPSA) is 70.2 Å². The molecule has 6 nitrogen and oxygen atoms in total. The van der Waals surface area contributed by atoms with Crippen molar-refractivity contribution in [2.45, 2.75) is 31.3 Å². The molecule has 1 saturated heterocycles. The Balaban J connectivity index is 1.23. The van der Waals surface area contributed by atoms with Gasteiger partial charge in [0, 0.05) is 30.8 Å². The number of amides is 1. The number of H-pyrrole nitrogens is 1. The van der Waals surface area contributed by atoms with E-state index in [1.165, 1.54) is 11.3 Å². The third kappa shape index (κ3) is 3.85. The first-order valence-corrected chi connectivity index (χ1v) is 9.01. The highest BCUT2D eigenvalue weighted by Gasteiger charge is 2.25. The number of hydrogen-bond acceptors (Lipinski definition) is 4. The molecule has 2 aliphatic heterocycles. The van der Waals surface area contributed by atoms with Crippen LogP contribution in [0.15, 0.2) is 36.5 Å². The van der Waals surface area contributed by atoms with Crippen LogP contribution in [0, 0.1) is 0 Å². The summed E-state index contributed by atoms with van der Waals surface area (Å²) in [5, 5.41) is 10.1. The summed E-state index contributed by atoms with van der Waals surface area (Å²) in [5.74, 6) is 1.46. The largest absolute Gasteiger partial charge is 0.488 e. The van der Waals surface area contributed by atoms with Crippen LogP contribution in [0.25, 0.3) is 0 Å². The highest BCUT2D eigenvalue weighted by molar-refractivity contribution is 5.78. The van der Waals surface area contributed by atoms with Crippen molar-refractivity contribution >= 4 is 5.91 Å². The van der Waals surface area contributed by atoms with E-state index in [9.17, 15) is 4.79 Å². The van der Waals surface area contributed by atoms with Crippen LogP contribution in [0.1, 0.15) is 30.0 Å². The number of aromatic nitrogens is 2. The molecule has 0 radical (unpaired) electrons. The van der Waals surface area contributed by atoms with Gasteiger partial charge in [-0.25, -0.2) is 0 Å². The average Bonchev–Trinajstić information content (AvgIpc) is 3.29. The van der Waals surface area contributed by atoms with Gasteiger partial charge in [-0.2, -0.15) is 5.10 Å². The minimum absolute atomic E-state index is 0.0421. The van der Waals surface area contributed by atoms with Crippen molar-refractivity contribution in [3.63, 3.8) is 0 Å². The minimum Gasteiger partial charge on any atom is -0.488 e. The van der Waals surface area contributed by atoms with E-state index in [1.807, 2.05) is 24.3 Å². The molecule has 2 atom stereocenters. The number of fused-ring (bicyclic) bond motifs is 1. The summed E-state index contributed by atoms with van der Waals surface area (Å²) in [7, 11) is 0. The smallest absolute Gasteiger partial charge is 0.234 e. The van der Waals surface area contributed by atoms with Gasteiger partial charge in [-0.3, -0.25) is 14.8 Å². The van der Waals surface area contributed by atoms with Crippen molar-refractivity contribution < 1.29 is 9.53 Å². The van der Waals surface area contributed by atoms with Gasteiger partial charge in [-0.1, -0.05) is 18.2 Å². The summed E-state index contributed by atoms with van der Waals surface area (Å²) >= 11 is 0. The van der Waals surface area contributed by atoms with Crippen LogP contribution in [0.2, 0.25) is 0 Å². The number of likely N-dealkylation sites (tertiary alicyclic amines) is 1. The van der Waals surface area contributed by atoms with E-state index in [4.69, 9.17) is 4.74 Å². The molecule has 2 unspecified atom stereocenters. The number of para-hydroxylation sites is 1. The molecule has 0 spiro atoms. The van der Waals surface area contributed by atoms with E-state index >= 15 is 0 Å². The zero-order chi connectivity index (χ0) is 17.1. The second kappa shape index (κ2) is 7.27. The molecule has 4 rings (SSSR count). The lowest BCUT2D eigenvalue weighted by molar-refractivity contribution is -0.122. The predicted molar refractivity (Wildman–Crippen MR) is 94.6 cm³/mol. The van der Waals surface area contributed by atoms with Crippen LogP contribution in [0.3, 0.4) is 0 Å². The Labute approximate surface area is 147 Å². The number of hydrogen-bond donors (Lipinski definition) is 2. The van der Waals surface area contributed by atoms with Gasteiger partial charge in [-0.15, -0.1) is 0 Å². The second-order valence-corrected chi connectivity index (χ2v) is 6.94. The monoisotopic (exact) mass is 340 g/mol. The van der Waals surface area contributed by atoms with E-state index < -0.39 is 0 Å². The molecule has 2 aromatic rings. The number of carbonyl (C=O) groups is 1. The maximum atomic E-state index is 12.3. The van der Waals surface area contributed by atoms with Crippen molar-refractivity contribution in [2.24, 2.45) is 0 Å². The molecule has 3 heterocycles. The Morgan fingerprint density at radius 1 is 1.36 bits per heavy atom. The van der Waals surface area contributed by atoms with Crippen LogP contribution in [0.5, 0.6) is 5.75 Å². The first kappa shape index (κ1) is 16.1. The summed E-state index contributed by atoms with van der Waals surface area (Å²) in [6.07, 6.45) is 4.95. The number of ether oxygens (including phenoxy) is 1. The Morgan fingerprint density at radius 2 is 2.28 bits per heavy atom. The molecule has 1 aromatic carbocycles. The molecule has 2 N–H and O–H groups in total. The van der Waals surface area contributed by atoms with Gasteiger partial charge in [0.25, 0.3) is 0 Å². The molecule has 1 amide bonds. The number of rotatable bonds is 5. The fraction of sp³-hybridized carbons (Fsp3) is 0.474. The van der Waals surface area contributed by atoms with Crippen molar-refractivity contribution in [3.05, 3.63) is 47.8 Å². The lowest BCUT2D eigenvalue weighted by Crippen LogP contribution is -2.44. The predicted octanol–water partition coefficient (Wildman–Crippen LogP) is 1.71.